The van der Waals surface area contributed by atoms with Crippen molar-refractivity contribution in [2.24, 2.45) is 5.92 Å². The Hall–Kier alpha value is -3.59. The molecule has 1 aliphatic rings. The molecule has 1 amide bonds. The number of benzene rings is 1. The number of hydrogen-bond acceptors (Lipinski definition) is 5. The predicted molar refractivity (Wildman–Crippen MR) is 126 cm³/mol. The highest BCUT2D eigenvalue weighted by Crippen LogP contribution is 2.28. The van der Waals surface area contributed by atoms with Crippen LogP contribution < -0.4 is 5.32 Å². The van der Waals surface area contributed by atoms with E-state index in [-0.39, 0.29) is 23.2 Å². The lowest BCUT2D eigenvalue weighted by molar-refractivity contribution is 0.0675. The molecule has 0 saturated carbocycles. The Labute approximate surface area is 199 Å². The molecule has 1 aliphatic heterocycles. The van der Waals surface area contributed by atoms with Crippen LogP contribution in [-0.4, -0.2) is 50.4 Å². The van der Waals surface area contributed by atoms with Crippen LogP contribution in [0.25, 0.3) is 22.4 Å². The Morgan fingerprint density at radius 1 is 1.21 bits per heavy atom. The van der Waals surface area contributed by atoms with Gasteiger partial charge >= 0.3 is 0 Å². The zero-order chi connectivity index (χ0) is 23.7. The van der Waals surface area contributed by atoms with E-state index in [2.05, 4.69) is 25.3 Å². The molecule has 10 heteroatoms. The van der Waals surface area contributed by atoms with E-state index in [9.17, 15) is 13.6 Å². The number of fused-ring (bicyclic) bond motifs is 1. The Kier molecular flexibility index (Phi) is 6.10. The number of aromatic amines is 1. The average Bonchev–Trinajstić information content (AvgIpc) is 3.26. The van der Waals surface area contributed by atoms with E-state index < -0.39 is 11.6 Å². The molecule has 1 fully saturated rings. The Balaban J connectivity index is 1.30. The third kappa shape index (κ3) is 4.43. The number of pyridine rings is 1. The molecule has 1 atom stereocenters. The molecule has 3 aromatic heterocycles. The summed E-state index contributed by atoms with van der Waals surface area (Å²) >= 11 is 6.07. The number of nitrogens with zero attached hydrogens (tertiary/aromatic N) is 4. The number of nitrogens with one attached hydrogen (secondary N) is 2. The van der Waals surface area contributed by atoms with Crippen molar-refractivity contribution in [2.75, 3.05) is 25.0 Å². The lowest BCUT2D eigenvalue weighted by Gasteiger charge is -2.33. The fourth-order valence-electron chi connectivity index (χ4n) is 4.25. The van der Waals surface area contributed by atoms with Gasteiger partial charge in [-0.05, 0) is 37.0 Å². The molecule has 34 heavy (non-hydrogen) atoms. The average molecular weight is 483 g/mol. The second kappa shape index (κ2) is 9.34. The SMILES string of the molecule is O=C(c1ccccc1F)N1CCC[C@@H](CNc2nc(-c3c[nH]c4ncc(Cl)cc34)ncc2F)C1. The lowest BCUT2D eigenvalue weighted by Crippen LogP contribution is -2.42. The highest BCUT2D eigenvalue weighted by molar-refractivity contribution is 6.31. The van der Waals surface area contributed by atoms with E-state index in [1.54, 1.807) is 29.3 Å². The highest BCUT2D eigenvalue weighted by atomic mass is 35.5. The van der Waals surface area contributed by atoms with Crippen molar-refractivity contribution >= 4 is 34.4 Å². The molecule has 5 rings (SSSR count). The Morgan fingerprint density at radius 2 is 2.06 bits per heavy atom. The zero-order valence-electron chi connectivity index (χ0n) is 18.1. The molecule has 0 spiro atoms. The van der Waals surface area contributed by atoms with Gasteiger partial charge in [-0.3, -0.25) is 4.79 Å². The number of carbonyl (C=O) groups excluding carboxylic acids is 1. The largest absolute Gasteiger partial charge is 0.367 e. The van der Waals surface area contributed by atoms with Crippen molar-refractivity contribution in [3.8, 4) is 11.4 Å². The summed E-state index contributed by atoms with van der Waals surface area (Å²) in [6.45, 7) is 1.43. The van der Waals surface area contributed by atoms with Gasteiger partial charge in [-0.25, -0.2) is 23.7 Å². The number of amides is 1. The first-order valence-electron chi connectivity index (χ1n) is 10.9. The Morgan fingerprint density at radius 3 is 2.91 bits per heavy atom. The number of aromatic nitrogens is 4. The summed E-state index contributed by atoms with van der Waals surface area (Å²) in [5.41, 5.74) is 1.35. The molecular weight excluding hydrogens is 462 g/mol. The number of piperidine rings is 1. The number of anilines is 1. The van der Waals surface area contributed by atoms with Gasteiger partial charge in [-0.1, -0.05) is 23.7 Å². The van der Waals surface area contributed by atoms with Gasteiger partial charge in [0.05, 0.1) is 16.8 Å². The van der Waals surface area contributed by atoms with Crippen molar-refractivity contribution < 1.29 is 13.6 Å². The summed E-state index contributed by atoms with van der Waals surface area (Å²) in [6, 6.07) is 7.72. The topological polar surface area (TPSA) is 86.8 Å². The summed E-state index contributed by atoms with van der Waals surface area (Å²) in [4.78, 5) is 30.2. The van der Waals surface area contributed by atoms with Gasteiger partial charge in [-0.2, -0.15) is 0 Å². The fourth-order valence-corrected chi connectivity index (χ4v) is 4.40. The van der Waals surface area contributed by atoms with E-state index in [0.29, 0.717) is 41.7 Å². The van der Waals surface area contributed by atoms with Gasteiger partial charge in [0.15, 0.2) is 17.5 Å². The molecule has 4 aromatic rings. The summed E-state index contributed by atoms with van der Waals surface area (Å²) in [5.74, 6) is -0.957. The van der Waals surface area contributed by atoms with Gasteiger partial charge in [-0.15, -0.1) is 0 Å². The Bertz CT molecular complexity index is 1360. The molecule has 2 N–H and O–H groups in total. The van der Waals surface area contributed by atoms with E-state index in [0.717, 1.165) is 24.4 Å². The van der Waals surface area contributed by atoms with Crippen LogP contribution in [0.5, 0.6) is 0 Å². The quantitative estimate of drug-likeness (QED) is 0.422. The smallest absolute Gasteiger partial charge is 0.256 e. The molecule has 7 nitrogen and oxygen atoms in total. The number of H-pyrrole nitrogens is 1. The molecule has 0 unspecified atom stereocenters. The van der Waals surface area contributed by atoms with E-state index >= 15 is 0 Å². The highest BCUT2D eigenvalue weighted by Gasteiger charge is 2.26. The molecule has 1 aromatic carbocycles. The van der Waals surface area contributed by atoms with Crippen molar-refractivity contribution in [1.29, 1.82) is 0 Å². The summed E-state index contributed by atoms with van der Waals surface area (Å²) in [6.07, 6.45) is 6.01. The molecule has 1 saturated heterocycles. The molecule has 0 aliphatic carbocycles. The van der Waals surface area contributed by atoms with Gasteiger partial charge < -0.3 is 15.2 Å². The van der Waals surface area contributed by atoms with E-state index in [1.807, 2.05) is 0 Å². The van der Waals surface area contributed by atoms with Crippen LogP contribution in [0.2, 0.25) is 5.02 Å². The van der Waals surface area contributed by atoms with E-state index in [1.165, 1.54) is 18.3 Å². The van der Waals surface area contributed by atoms with Crippen molar-refractivity contribution in [3.05, 3.63) is 71.1 Å². The zero-order valence-corrected chi connectivity index (χ0v) is 18.8. The summed E-state index contributed by atoms with van der Waals surface area (Å²) in [5, 5.41) is 4.27. The first-order chi connectivity index (χ1) is 16.5. The third-order valence-electron chi connectivity index (χ3n) is 5.95. The van der Waals surface area contributed by atoms with Gasteiger partial charge in [0.25, 0.3) is 5.91 Å². The maximum Gasteiger partial charge on any atom is 0.256 e. The third-order valence-corrected chi connectivity index (χ3v) is 6.16. The predicted octanol–water partition coefficient (Wildman–Crippen LogP) is 4.92. The molecule has 0 bridgehead atoms. The second-order valence-corrected chi connectivity index (χ2v) is 8.70. The maximum atomic E-state index is 14.5. The number of carbonyl (C=O) groups is 1. The lowest BCUT2D eigenvalue weighted by atomic mass is 9.97. The molecular formula is C24H21ClF2N6O. The maximum absolute atomic E-state index is 14.5. The molecule has 4 heterocycles. The number of likely N-dealkylation sites (tertiary alicyclic amines) is 1. The van der Waals surface area contributed by atoms with Crippen LogP contribution in [0.15, 0.2) is 48.9 Å². The number of hydrogen-bond donors (Lipinski definition) is 2. The first-order valence-corrected chi connectivity index (χ1v) is 11.3. The van der Waals surface area contributed by atoms with Crippen LogP contribution in [0.3, 0.4) is 0 Å². The summed E-state index contributed by atoms with van der Waals surface area (Å²) in [7, 11) is 0. The van der Waals surface area contributed by atoms with Crippen LogP contribution in [-0.2, 0) is 0 Å². The molecule has 0 radical (unpaired) electrons. The van der Waals surface area contributed by atoms with Crippen molar-refractivity contribution in [3.63, 3.8) is 0 Å². The monoisotopic (exact) mass is 482 g/mol. The van der Waals surface area contributed by atoms with Gasteiger partial charge in [0, 0.05) is 43.0 Å². The van der Waals surface area contributed by atoms with Gasteiger partial charge in [0.1, 0.15) is 11.5 Å². The minimum Gasteiger partial charge on any atom is -0.367 e. The minimum atomic E-state index is -0.574. The number of halogens is 3. The first kappa shape index (κ1) is 22.2. The normalized spacial score (nSPS) is 16.1. The summed E-state index contributed by atoms with van der Waals surface area (Å²) < 4.78 is 28.5. The van der Waals surface area contributed by atoms with Crippen LogP contribution in [0.1, 0.15) is 23.2 Å². The minimum absolute atomic E-state index is 0.0657. The fraction of sp³-hybridized carbons (Fsp3) is 0.250. The van der Waals surface area contributed by atoms with E-state index in [4.69, 9.17) is 11.6 Å². The number of rotatable bonds is 5. The van der Waals surface area contributed by atoms with Crippen LogP contribution in [0, 0.1) is 17.6 Å². The van der Waals surface area contributed by atoms with Crippen molar-refractivity contribution in [2.45, 2.75) is 12.8 Å². The van der Waals surface area contributed by atoms with Crippen LogP contribution in [0.4, 0.5) is 14.6 Å². The standard InChI is InChI=1S/C24H21ClF2N6O/c25-15-8-17-18(11-30-21(17)29-10-15)22-31-12-20(27)23(32-22)28-9-14-4-3-7-33(13-14)24(34)16-5-1-2-6-19(16)26/h1-2,5-6,8,10-12,14H,3-4,7,9,13H2,(H,29,30)(H,28,31,32)/t14-/m0/s1. The van der Waals surface area contributed by atoms with Crippen LogP contribution >= 0.6 is 11.6 Å². The van der Waals surface area contributed by atoms with Crippen molar-refractivity contribution in [1.82, 2.24) is 24.8 Å². The molecule has 174 valence electrons. The van der Waals surface area contributed by atoms with Gasteiger partial charge in [0.2, 0.25) is 0 Å². The second-order valence-electron chi connectivity index (χ2n) is 8.26.